The number of hydrogen-bond donors (Lipinski definition) is 0. The molecule has 0 aliphatic carbocycles. The lowest BCUT2D eigenvalue weighted by molar-refractivity contribution is 0.111. The van der Waals surface area contributed by atoms with E-state index in [1.807, 2.05) is 48.7 Å². The van der Waals surface area contributed by atoms with Crippen LogP contribution in [0.25, 0.3) is 16.3 Å². The van der Waals surface area contributed by atoms with E-state index in [9.17, 15) is 4.79 Å². The number of ether oxygens (including phenoxy) is 1. The average molecular weight is 299 g/mol. The lowest BCUT2D eigenvalue weighted by Crippen LogP contribution is -1.99. The Morgan fingerprint density at radius 3 is 2.71 bits per heavy atom. The molecule has 1 aromatic carbocycles. The van der Waals surface area contributed by atoms with Crippen LogP contribution in [0.2, 0.25) is 0 Å². The van der Waals surface area contributed by atoms with Gasteiger partial charge in [0.1, 0.15) is 11.4 Å². The maximum absolute atomic E-state index is 11.2. The summed E-state index contributed by atoms with van der Waals surface area (Å²) in [4.78, 5) is 12.1. The zero-order chi connectivity index (χ0) is 14.7. The fraction of sp³-hybridized carbons (Fsp3) is 0.133. The zero-order valence-electron chi connectivity index (χ0n) is 11.4. The van der Waals surface area contributed by atoms with Crippen molar-refractivity contribution in [2.45, 2.75) is 6.92 Å². The molecule has 6 heteroatoms. The maximum atomic E-state index is 11.2. The van der Waals surface area contributed by atoms with Crippen molar-refractivity contribution in [2.75, 3.05) is 6.61 Å². The lowest BCUT2D eigenvalue weighted by atomic mass is 10.2. The van der Waals surface area contributed by atoms with Crippen LogP contribution < -0.4 is 4.74 Å². The SMILES string of the molecule is CCOc1ccc(-n2nnc(C=O)c2-c2cccs2)cc1. The van der Waals surface area contributed by atoms with E-state index in [4.69, 9.17) is 4.74 Å². The number of carbonyl (C=O) groups is 1. The average Bonchev–Trinajstić information content (AvgIpc) is 3.17. The fourth-order valence-corrected chi connectivity index (χ4v) is 2.81. The Labute approximate surface area is 125 Å². The summed E-state index contributed by atoms with van der Waals surface area (Å²) in [6.45, 7) is 2.56. The van der Waals surface area contributed by atoms with Gasteiger partial charge in [0.2, 0.25) is 0 Å². The van der Waals surface area contributed by atoms with E-state index in [0.717, 1.165) is 22.6 Å². The van der Waals surface area contributed by atoms with Crippen LogP contribution in [0.5, 0.6) is 5.75 Å². The Morgan fingerprint density at radius 2 is 2.10 bits per heavy atom. The highest BCUT2D eigenvalue weighted by Crippen LogP contribution is 2.28. The molecule has 5 nitrogen and oxygen atoms in total. The predicted molar refractivity (Wildman–Crippen MR) is 81.2 cm³/mol. The van der Waals surface area contributed by atoms with Gasteiger partial charge < -0.3 is 4.74 Å². The molecule has 0 spiro atoms. The molecule has 2 heterocycles. The zero-order valence-corrected chi connectivity index (χ0v) is 12.2. The molecule has 3 aromatic rings. The first-order chi connectivity index (χ1) is 10.3. The number of carbonyl (C=O) groups excluding carboxylic acids is 1. The summed E-state index contributed by atoms with van der Waals surface area (Å²) in [5.74, 6) is 0.801. The third-order valence-corrected chi connectivity index (χ3v) is 3.83. The Balaban J connectivity index is 2.06. The molecule has 0 aliphatic heterocycles. The van der Waals surface area contributed by atoms with Crippen molar-refractivity contribution >= 4 is 17.6 Å². The van der Waals surface area contributed by atoms with Gasteiger partial charge in [-0.1, -0.05) is 11.3 Å². The van der Waals surface area contributed by atoms with Gasteiger partial charge in [0.25, 0.3) is 0 Å². The van der Waals surface area contributed by atoms with Crippen LogP contribution in [0.3, 0.4) is 0 Å². The minimum atomic E-state index is 0.339. The molecule has 3 rings (SSSR count). The molecule has 21 heavy (non-hydrogen) atoms. The summed E-state index contributed by atoms with van der Waals surface area (Å²) >= 11 is 1.55. The molecule has 0 saturated heterocycles. The normalized spacial score (nSPS) is 10.5. The van der Waals surface area contributed by atoms with Crippen molar-refractivity contribution in [3.8, 4) is 22.0 Å². The van der Waals surface area contributed by atoms with E-state index in [1.54, 1.807) is 16.0 Å². The third kappa shape index (κ3) is 2.57. The summed E-state index contributed by atoms with van der Waals surface area (Å²) in [6.07, 6.45) is 0.729. The highest BCUT2D eigenvalue weighted by molar-refractivity contribution is 7.13. The van der Waals surface area contributed by atoms with Crippen LogP contribution >= 0.6 is 11.3 Å². The molecule has 2 aromatic heterocycles. The monoisotopic (exact) mass is 299 g/mol. The summed E-state index contributed by atoms with van der Waals surface area (Å²) < 4.78 is 7.10. The van der Waals surface area contributed by atoms with Gasteiger partial charge in [-0.3, -0.25) is 4.79 Å². The van der Waals surface area contributed by atoms with Crippen LogP contribution in [0, 0.1) is 0 Å². The van der Waals surface area contributed by atoms with Crippen molar-refractivity contribution in [2.24, 2.45) is 0 Å². The standard InChI is InChI=1S/C15H13N3O2S/c1-2-20-12-7-5-11(6-8-12)18-15(13(10-19)16-17-18)14-4-3-9-21-14/h3-10H,2H2,1H3. The first-order valence-electron chi connectivity index (χ1n) is 6.51. The smallest absolute Gasteiger partial charge is 0.172 e. The summed E-state index contributed by atoms with van der Waals surface area (Å²) in [5, 5.41) is 9.99. The van der Waals surface area contributed by atoms with Gasteiger partial charge in [-0.2, -0.15) is 0 Å². The molecular formula is C15H13N3O2S. The molecule has 106 valence electrons. The van der Waals surface area contributed by atoms with Crippen molar-refractivity contribution in [3.63, 3.8) is 0 Å². The van der Waals surface area contributed by atoms with Crippen LogP contribution in [0.4, 0.5) is 0 Å². The molecule has 0 atom stereocenters. The van der Waals surface area contributed by atoms with Crippen molar-refractivity contribution in [1.29, 1.82) is 0 Å². The van der Waals surface area contributed by atoms with Crippen molar-refractivity contribution < 1.29 is 9.53 Å². The first kappa shape index (κ1) is 13.5. The van der Waals surface area contributed by atoms with Gasteiger partial charge in [-0.25, -0.2) is 4.68 Å². The number of rotatable bonds is 5. The van der Waals surface area contributed by atoms with Crippen molar-refractivity contribution in [3.05, 3.63) is 47.5 Å². The van der Waals surface area contributed by atoms with E-state index in [2.05, 4.69) is 10.3 Å². The molecule has 0 saturated carbocycles. The number of aldehydes is 1. The molecule has 0 amide bonds. The van der Waals surface area contributed by atoms with Gasteiger partial charge in [0, 0.05) is 0 Å². The number of aromatic nitrogens is 3. The largest absolute Gasteiger partial charge is 0.494 e. The predicted octanol–water partition coefficient (Wildman–Crippen LogP) is 3.21. The number of benzene rings is 1. The maximum Gasteiger partial charge on any atom is 0.172 e. The molecule has 0 radical (unpaired) electrons. The van der Waals surface area contributed by atoms with Crippen LogP contribution in [0.1, 0.15) is 17.4 Å². The summed E-state index contributed by atoms with van der Waals surface area (Å²) in [5.41, 5.74) is 1.89. The number of thiophene rings is 1. The topological polar surface area (TPSA) is 57.0 Å². The van der Waals surface area contributed by atoms with Gasteiger partial charge >= 0.3 is 0 Å². The molecule has 0 aliphatic rings. The third-order valence-electron chi connectivity index (χ3n) is 2.95. The number of nitrogens with zero attached hydrogens (tertiary/aromatic N) is 3. The molecule has 0 bridgehead atoms. The number of hydrogen-bond acceptors (Lipinski definition) is 5. The van der Waals surface area contributed by atoms with E-state index >= 15 is 0 Å². The van der Waals surface area contributed by atoms with E-state index in [1.165, 1.54) is 0 Å². The quantitative estimate of drug-likeness (QED) is 0.679. The second-order valence-electron chi connectivity index (χ2n) is 4.26. The Bertz CT molecular complexity index is 733. The molecular weight excluding hydrogens is 286 g/mol. The van der Waals surface area contributed by atoms with Crippen LogP contribution in [-0.2, 0) is 0 Å². The van der Waals surface area contributed by atoms with Gasteiger partial charge in [0.05, 0.1) is 17.2 Å². The van der Waals surface area contributed by atoms with Gasteiger partial charge in [-0.05, 0) is 42.6 Å². The minimum absolute atomic E-state index is 0.339. The van der Waals surface area contributed by atoms with Crippen LogP contribution in [0.15, 0.2) is 41.8 Å². The molecule has 0 N–H and O–H groups in total. The Hall–Kier alpha value is -2.47. The second-order valence-corrected chi connectivity index (χ2v) is 5.20. The second kappa shape index (κ2) is 5.88. The molecule has 0 fully saturated rings. The molecule has 0 unspecified atom stereocenters. The minimum Gasteiger partial charge on any atom is -0.494 e. The Kier molecular flexibility index (Phi) is 3.79. The highest BCUT2D eigenvalue weighted by Gasteiger charge is 2.16. The summed E-state index contributed by atoms with van der Waals surface area (Å²) in [7, 11) is 0. The lowest BCUT2D eigenvalue weighted by Gasteiger charge is -2.07. The first-order valence-corrected chi connectivity index (χ1v) is 7.39. The highest BCUT2D eigenvalue weighted by atomic mass is 32.1. The fourth-order valence-electron chi connectivity index (χ4n) is 2.05. The van der Waals surface area contributed by atoms with Gasteiger partial charge in [-0.15, -0.1) is 16.4 Å². The van der Waals surface area contributed by atoms with Crippen molar-refractivity contribution in [1.82, 2.24) is 15.0 Å². The van der Waals surface area contributed by atoms with E-state index in [0.29, 0.717) is 18.0 Å². The summed E-state index contributed by atoms with van der Waals surface area (Å²) in [6, 6.07) is 11.4. The van der Waals surface area contributed by atoms with E-state index < -0.39 is 0 Å². The Morgan fingerprint density at radius 1 is 1.29 bits per heavy atom. The van der Waals surface area contributed by atoms with Crippen LogP contribution in [-0.4, -0.2) is 27.9 Å². The van der Waals surface area contributed by atoms with E-state index in [-0.39, 0.29) is 0 Å². The van der Waals surface area contributed by atoms with Gasteiger partial charge in [0.15, 0.2) is 12.0 Å².